The minimum absolute atomic E-state index is 0.0480. The van der Waals surface area contributed by atoms with Gasteiger partial charge in [-0.25, -0.2) is 8.42 Å². The van der Waals surface area contributed by atoms with E-state index in [0.717, 1.165) is 37.0 Å². The first-order valence-electron chi connectivity index (χ1n) is 10.5. The molecule has 3 rings (SSSR count). The van der Waals surface area contributed by atoms with Crippen molar-refractivity contribution in [3.8, 4) is 0 Å². The molecule has 0 atom stereocenters. The van der Waals surface area contributed by atoms with E-state index in [1.54, 1.807) is 24.3 Å². The third kappa shape index (κ3) is 6.34. The predicted octanol–water partition coefficient (Wildman–Crippen LogP) is 5.05. The highest BCUT2D eigenvalue weighted by molar-refractivity contribution is 7.89. The van der Waals surface area contributed by atoms with Gasteiger partial charge in [0.15, 0.2) is 0 Å². The lowest BCUT2D eigenvalue weighted by Gasteiger charge is -2.26. The molecule has 0 aromatic heterocycles. The van der Waals surface area contributed by atoms with Crippen molar-refractivity contribution in [1.82, 2.24) is 9.79 Å². The minimum atomic E-state index is -4.40. The number of alkyl halides is 3. The molecular weight excluding hydrogens is 441 g/mol. The van der Waals surface area contributed by atoms with Gasteiger partial charge in [0.1, 0.15) is 0 Å². The van der Waals surface area contributed by atoms with Crippen LogP contribution in [0.25, 0.3) is 0 Å². The first-order chi connectivity index (χ1) is 15.2. The van der Waals surface area contributed by atoms with E-state index in [0.29, 0.717) is 17.7 Å². The third-order valence-electron chi connectivity index (χ3n) is 5.25. The lowest BCUT2D eigenvalue weighted by molar-refractivity contribution is -0.137. The van der Waals surface area contributed by atoms with E-state index in [1.165, 1.54) is 10.4 Å². The average Bonchev–Trinajstić information content (AvgIpc) is 2.78. The number of nitrogens with one attached hydrogen (secondary N) is 1. The molecule has 0 fully saturated rings. The molecule has 0 unspecified atom stereocenters. The predicted molar refractivity (Wildman–Crippen MR) is 116 cm³/mol. The Balaban J connectivity index is 1.53. The number of nitrogens with zero attached hydrogens (tertiary/aromatic N) is 1. The molecule has 174 valence electrons. The van der Waals surface area contributed by atoms with Crippen LogP contribution in [0.1, 0.15) is 42.9 Å². The van der Waals surface area contributed by atoms with Crippen molar-refractivity contribution in [2.45, 2.75) is 50.3 Å². The topological polar surface area (TPSA) is 58.6 Å². The van der Waals surface area contributed by atoms with Crippen LogP contribution in [0.5, 0.6) is 0 Å². The van der Waals surface area contributed by atoms with Crippen molar-refractivity contribution in [3.63, 3.8) is 0 Å². The van der Waals surface area contributed by atoms with E-state index in [1.807, 2.05) is 12.1 Å². The van der Waals surface area contributed by atoms with E-state index >= 15 is 0 Å². The van der Waals surface area contributed by atoms with Gasteiger partial charge in [-0.15, -0.1) is 0 Å². The van der Waals surface area contributed by atoms with Gasteiger partial charge in [-0.2, -0.15) is 17.5 Å². The van der Waals surface area contributed by atoms with Gasteiger partial charge < -0.3 is 0 Å². The van der Waals surface area contributed by atoms with Crippen LogP contribution in [0.2, 0.25) is 0 Å². The van der Waals surface area contributed by atoms with Crippen molar-refractivity contribution < 1.29 is 26.4 Å². The number of hydroxylamine groups is 1. The van der Waals surface area contributed by atoms with Gasteiger partial charge in [-0.05, 0) is 54.3 Å². The maximum absolute atomic E-state index is 12.9. The van der Waals surface area contributed by atoms with Crippen LogP contribution in [0.3, 0.4) is 0 Å². The molecule has 2 aromatic rings. The van der Waals surface area contributed by atoms with Crippen LogP contribution in [0.15, 0.2) is 65.2 Å². The first-order valence-corrected chi connectivity index (χ1v) is 12.0. The van der Waals surface area contributed by atoms with Crippen LogP contribution in [-0.2, 0) is 34.1 Å². The van der Waals surface area contributed by atoms with Gasteiger partial charge in [0.05, 0.1) is 17.1 Å². The molecule has 0 radical (unpaired) electrons. The molecule has 1 N–H and O–H groups in total. The molecule has 32 heavy (non-hydrogen) atoms. The van der Waals surface area contributed by atoms with Crippen molar-refractivity contribution in [2.75, 3.05) is 13.1 Å². The van der Waals surface area contributed by atoms with Gasteiger partial charge in [0.2, 0.25) is 10.0 Å². The second-order valence-electron chi connectivity index (χ2n) is 7.68. The highest BCUT2D eigenvalue weighted by Crippen LogP contribution is 2.29. The SMILES string of the molecule is CCCCc1ccc(S(=O)(=O)N2CC=C(NOCc3cccc(C(F)(F)F)c3)CC2)cc1. The number of halogens is 3. The summed E-state index contributed by atoms with van der Waals surface area (Å²) in [6, 6.07) is 11.9. The molecule has 0 amide bonds. The summed E-state index contributed by atoms with van der Waals surface area (Å²) in [5, 5.41) is 0. The Bertz CT molecular complexity index is 1040. The summed E-state index contributed by atoms with van der Waals surface area (Å²) in [5.41, 5.74) is 4.19. The fraction of sp³-hybridized carbons (Fsp3) is 0.391. The summed E-state index contributed by atoms with van der Waals surface area (Å²) in [6.45, 7) is 2.54. The average molecular weight is 469 g/mol. The molecule has 9 heteroatoms. The molecule has 0 bridgehead atoms. The van der Waals surface area contributed by atoms with Crippen LogP contribution in [0, 0.1) is 0 Å². The molecule has 2 aromatic carbocycles. The summed E-state index contributed by atoms with van der Waals surface area (Å²) >= 11 is 0. The number of sulfonamides is 1. The fourth-order valence-corrected chi connectivity index (χ4v) is 4.75. The summed E-state index contributed by atoms with van der Waals surface area (Å²) in [6.07, 6.45) is 0.799. The third-order valence-corrected chi connectivity index (χ3v) is 7.13. The molecule has 0 saturated heterocycles. The fourth-order valence-electron chi connectivity index (χ4n) is 3.37. The summed E-state index contributed by atoms with van der Waals surface area (Å²) < 4.78 is 65.5. The largest absolute Gasteiger partial charge is 0.416 e. The quantitative estimate of drug-likeness (QED) is 0.524. The highest BCUT2D eigenvalue weighted by atomic mass is 32.2. The molecule has 1 aliphatic heterocycles. The second-order valence-corrected chi connectivity index (χ2v) is 9.62. The number of unbranched alkanes of at least 4 members (excludes halogenated alkanes) is 1. The first kappa shape index (κ1) is 24.3. The maximum atomic E-state index is 12.9. The number of rotatable bonds is 9. The van der Waals surface area contributed by atoms with Gasteiger partial charge in [-0.3, -0.25) is 10.3 Å². The summed E-state index contributed by atoms with van der Waals surface area (Å²) in [4.78, 5) is 5.59. The van der Waals surface area contributed by atoms with Crippen molar-refractivity contribution in [3.05, 3.63) is 77.0 Å². The van der Waals surface area contributed by atoms with Crippen LogP contribution >= 0.6 is 0 Å². The zero-order chi connectivity index (χ0) is 23.2. The summed E-state index contributed by atoms with van der Waals surface area (Å²) in [5.74, 6) is 0. The van der Waals surface area contributed by atoms with E-state index < -0.39 is 21.8 Å². The lowest BCUT2D eigenvalue weighted by atomic mass is 10.1. The Morgan fingerprint density at radius 1 is 1.09 bits per heavy atom. The molecular formula is C23H27F3N2O3S. The maximum Gasteiger partial charge on any atom is 0.416 e. The number of hydrogen-bond donors (Lipinski definition) is 1. The number of aryl methyl sites for hydroxylation is 1. The van der Waals surface area contributed by atoms with Gasteiger partial charge in [0.25, 0.3) is 0 Å². The molecule has 0 spiro atoms. The van der Waals surface area contributed by atoms with E-state index in [-0.39, 0.29) is 24.6 Å². The van der Waals surface area contributed by atoms with E-state index in [2.05, 4.69) is 12.4 Å². The molecule has 5 nitrogen and oxygen atoms in total. The van der Waals surface area contributed by atoms with Crippen molar-refractivity contribution in [2.24, 2.45) is 0 Å². The molecule has 0 aliphatic carbocycles. The monoisotopic (exact) mass is 468 g/mol. The van der Waals surface area contributed by atoms with Gasteiger partial charge in [-0.1, -0.05) is 37.6 Å². The van der Waals surface area contributed by atoms with Crippen molar-refractivity contribution >= 4 is 10.0 Å². The normalized spacial score (nSPS) is 15.4. The Morgan fingerprint density at radius 2 is 1.84 bits per heavy atom. The van der Waals surface area contributed by atoms with Gasteiger partial charge in [0, 0.05) is 25.2 Å². The molecule has 1 aliphatic rings. The Morgan fingerprint density at radius 3 is 2.47 bits per heavy atom. The zero-order valence-electron chi connectivity index (χ0n) is 17.9. The van der Waals surface area contributed by atoms with Crippen LogP contribution in [0.4, 0.5) is 13.2 Å². The minimum Gasteiger partial charge on any atom is -0.272 e. The molecule has 0 saturated carbocycles. The van der Waals surface area contributed by atoms with Crippen molar-refractivity contribution in [1.29, 1.82) is 0 Å². The van der Waals surface area contributed by atoms with E-state index in [9.17, 15) is 21.6 Å². The Hall–Kier alpha value is -2.36. The standard InChI is InChI=1S/C23H27F3N2O3S/c1-2-3-5-18-8-10-22(11-9-18)32(29,30)28-14-12-21(13-15-28)27-31-17-19-6-4-7-20(16-19)23(24,25)26/h4,6-12,16,27H,2-3,5,13-15,17H2,1H3. The lowest BCUT2D eigenvalue weighted by Crippen LogP contribution is -2.36. The second kappa shape index (κ2) is 10.5. The summed E-state index contributed by atoms with van der Waals surface area (Å²) in [7, 11) is -3.59. The smallest absolute Gasteiger partial charge is 0.272 e. The number of hydrogen-bond acceptors (Lipinski definition) is 4. The number of benzene rings is 2. The molecule has 1 heterocycles. The zero-order valence-corrected chi connectivity index (χ0v) is 18.7. The van der Waals surface area contributed by atoms with Crippen LogP contribution < -0.4 is 5.48 Å². The highest BCUT2D eigenvalue weighted by Gasteiger charge is 2.30. The Kier molecular flexibility index (Phi) is 7.97. The van der Waals surface area contributed by atoms with Gasteiger partial charge >= 0.3 is 6.18 Å². The Labute approximate surface area is 186 Å². The van der Waals surface area contributed by atoms with E-state index in [4.69, 9.17) is 4.84 Å². The van der Waals surface area contributed by atoms with Crippen LogP contribution in [-0.4, -0.2) is 25.8 Å².